The first-order chi connectivity index (χ1) is 12.0. The molecule has 3 rings (SSSR count). The Morgan fingerprint density at radius 2 is 1.92 bits per heavy atom. The molecular formula is C18H20FN5O. The number of aromatic nitrogens is 4. The Balaban J connectivity index is 1.86. The first-order valence-corrected chi connectivity index (χ1v) is 8.05. The molecule has 0 aliphatic carbocycles. The van der Waals surface area contributed by atoms with Gasteiger partial charge in [0.15, 0.2) is 0 Å². The monoisotopic (exact) mass is 341 g/mol. The third kappa shape index (κ3) is 3.45. The van der Waals surface area contributed by atoms with Gasteiger partial charge in [0.2, 0.25) is 0 Å². The van der Waals surface area contributed by atoms with E-state index in [4.69, 9.17) is 0 Å². The second-order valence-electron chi connectivity index (χ2n) is 5.93. The quantitative estimate of drug-likeness (QED) is 0.717. The van der Waals surface area contributed by atoms with E-state index in [1.54, 1.807) is 45.8 Å². The van der Waals surface area contributed by atoms with E-state index in [9.17, 15) is 9.18 Å². The second-order valence-corrected chi connectivity index (χ2v) is 5.93. The molecule has 0 saturated carbocycles. The number of aryl methyl sites for hydroxylation is 1. The van der Waals surface area contributed by atoms with E-state index >= 15 is 0 Å². The number of carbonyl (C=O) groups excluding carboxylic acids is 1. The Morgan fingerprint density at radius 1 is 1.20 bits per heavy atom. The molecule has 1 amide bonds. The highest BCUT2D eigenvalue weighted by atomic mass is 19.1. The van der Waals surface area contributed by atoms with Gasteiger partial charge < -0.3 is 4.90 Å². The lowest BCUT2D eigenvalue weighted by atomic mass is 10.1. The predicted octanol–water partition coefficient (Wildman–Crippen LogP) is 2.58. The van der Waals surface area contributed by atoms with Gasteiger partial charge in [-0.2, -0.15) is 10.2 Å². The highest BCUT2D eigenvalue weighted by molar-refractivity contribution is 5.95. The molecule has 0 unspecified atom stereocenters. The molecule has 0 bridgehead atoms. The van der Waals surface area contributed by atoms with Crippen molar-refractivity contribution in [2.75, 3.05) is 7.05 Å². The number of halogens is 1. The molecule has 2 aromatic heterocycles. The first-order valence-electron chi connectivity index (χ1n) is 8.05. The van der Waals surface area contributed by atoms with E-state index in [-0.39, 0.29) is 11.7 Å². The van der Waals surface area contributed by atoms with Crippen LogP contribution in [-0.2, 0) is 20.0 Å². The summed E-state index contributed by atoms with van der Waals surface area (Å²) in [5.74, 6) is -0.407. The Kier molecular flexibility index (Phi) is 4.65. The van der Waals surface area contributed by atoms with Crippen molar-refractivity contribution in [2.45, 2.75) is 19.9 Å². The summed E-state index contributed by atoms with van der Waals surface area (Å²) in [6.45, 7) is 2.44. The molecule has 25 heavy (non-hydrogen) atoms. The minimum atomic E-state index is -0.304. The molecule has 0 spiro atoms. The van der Waals surface area contributed by atoms with Crippen molar-refractivity contribution in [1.82, 2.24) is 24.5 Å². The number of hydrogen-bond acceptors (Lipinski definition) is 3. The lowest BCUT2D eigenvalue weighted by Gasteiger charge is -2.16. The van der Waals surface area contributed by atoms with Crippen LogP contribution in [0.3, 0.4) is 0 Å². The standard InChI is InChI=1S/C18H20FN5O/c1-4-17-16(10-21-24(17)15-7-5-14(19)6-8-15)18(25)22(2)11-13-9-20-23(3)12-13/h5-10,12H,4,11H2,1-3H3. The molecule has 1 aromatic carbocycles. The predicted molar refractivity (Wildman–Crippen MR) is 91.9 cm³/mol. The number of amides is 1. The summed E-state index contributed by atoms with van der Waals surface area (Å²) in [5, 5.41) is 8.45. The van der Waals surface area contributed by atoms with Crippen LogP contribution in [0.5, 0.6) is 0 Å². The van der Waals surface area contributed by atoms with Crippen molar-refractivity contribution >= 4 is 5.91 Å². The molecule has 6 nitrogen and oxygen atoms in total. The number of rotatable bonds is 5. The van der Waals surface area contributed by atoms with Crippen LogP contribution in [0.2, 0.25) is 0 Å². The van der Waals surface area contributed by atoms with Crippen LogP contribution in [0.4, 0.5) is 4.39 Å². The lowest BCUT2D eigenvalue weighted by Crippen LogP contribution is -2.26. The average Bonchev–Trinajstić information content (AvgIpc) is 3.20. The summed E-state index contributed by atoms with van der Waals surface area (Å²) >= 11 is 0. The van der Waals surface area contributed by atoms with Crippen molar-refractivity contribution in [3.05, 3.63) is 65.5 Å². The van der Waals surface area contributed by atoms with Crippen molar-refractivity contribution in [3.63, 3.8) is 0 Å². The van der Waals surface area contributed by atoms with Crippen LogP contribution in [0.15, 0.2) is 42.9 Å². The molecule has 0 atom stereocenters. The van der Waals surface area contributed by atoms with Crippen LogP contribution >= 0.6 is 0 Å². The maximum absolute atomic E-state index is 13.1. The van der Waals surface area contributed by atoms with E-state index in [1.807, 2.05) is 20.2 Å². The molecule has 0 saturated heterocycles. The molecule has 0 aliphatic heterocycles. The van der Waals surface area contributed by atoms with Crippen LogP contribution in [-0.4, -0.2) is 37.4 Å². The topological polar surface area (TPSA) is 56.0 Å². The summed E-state index contributed by atoms with van der Waals surface area (Å²) in [5.41, 5.74) is 3.04. The summed E-state index contributed by atoms with van der Waals surface area (Å²) < 4.78 is 16.5. The summed E-state index contributed by atoms with van der Waals surface area (Å²) in [4.78, 5) is 14.5. The third-order valence-corrected chi connectivity index (χ3v) is 4.03. The van der Waals surface area contributed by atoms with Crippen LogP contribution in [0.25, 0.3) is 5.69 Å². The van der Waals surface area contributed by atoms with Crippen molar-refractivity contribution in [3.8, 4) is 5.69 Å². The molecule has 0 fully saturated rings. The smallest absolute Gasteiger partial charge is 0.257 e. The first kappa shape index (κ1) is 16.9. The zero-order valence-corrected chi connectivity index (χ0v) is 14.5. The van der Waals surface area contributed by atoms with Gasteiger partial charge >= 0.3 is 0 Å². The molecule has 2 heterocycles. The fourth-order valence-corrected chi connectivity index (χ4v) is 2.80. The van der Waals surface area contributed by atoms with Gasteiger partial charge in [0.25, 0.3) is 5.91 Å². The minimum absolute atomic E-state index is 0.103. The fourth-order valence-electron chi connectivity index (χ4n) is 2.80. The van der Waals surface area contributed by atoms with E-state index in [0.29, 0.717) is 18.5 Å². The molecule has 0 N–H and O–H groups in total. The maximum atomic E-state index is 13.1. The molecular weight excluding hydrogens is 321 g/mol. The lowest BCUT2D eigenvalue weighted by molar-refractivity contribution is 0.0784. The minimum Gasteiger partial charge on any atom is -0.337 e. The highest BCUT2D eigenvalue weighted by Crippen LogP contribution is 2.18. The van der Waals surface area contributed by atoms with Gasteiger partial charge in [0, 0.05) is 32.4 Å². The van der Waals surface area contributed by atoms with Gasteiger partial charge in [-0.05, 0) is 30.7 Å². The highest BCUT2D eigenvalue weighted by Gasteiger charge is 2.20. The normalized spacial score (nSPS) is 10.9. The zero-order chi connectivity index (χ0) is 18.0. The Bertz CT molecular complexity index is 881. The van der Waals surface area contributed by atoms with Crippen LogP contribution in [0.1, 0.15) is 28.5 Å². The largest absolute Gasteiger partial charge is 0.337 e. The molecule has 3 aromatic rings. The molecule has 0 aliphatic rings. The summed E-state index contributed by atoms with van der Waals surface area (Å²) in [6, 6.07) is 6.06. The maximum Gasteiger partial charge on any atom is 0.257 e. The fraction of sp³-hybridized carbons (Fsp3) is 0.278. The van der Waals surface area contributed by atoms with Crippen LogP contribution < -0.4 is 0 Å². The number of benzene rings is 1. The molecule has 130 valence electrons. The van der Waals surface area contributed by atoms with Gasteiger partial charge in [0.1, 0.15) is 5.82 Å². The Morgan fingerprint density at radius 3 is 2.52 bits per heavy atom. The van der Waals surface area contributed by atoms with Crippen molar-refractivity contribution < 1.29 is 9.18 Å². The second kappa shape index (κ2) is 6.88. The van der Waals surface area contributed by atoms with Crippen molar-refractivity contribution in [2.24, 2.45) is 7.05 Å². The van der Waals surface area contributed by atoms with E-state index in [2.05, 4.69) is 10.2 Å². The van der Waals surface area contributed by atoms with Gasteiger partial charge in [-0.1, -0.05) is 6.92 Å². The van der Waals surface area contributed by atoms with E-state index in [1.165, 1.54) is 12.1 Å². The van der Waals surface area contributed by atoms with Crippen LogP contribution in [0, 0.1) is 5.82 Å². The van der Waals surface area contributed by atoms with Crippen molar-refractivity contribution in [1.29, 1.82) is 0 Å². The molecule has 0 radical (unpaired) electrons. The number of carbonyl (C=O) groups is 1. The number of nitrogens with zero attached hydrogens (tertiary/aromatic N) is 5. The summed E-state index contributed by atoms with van der Waals surface area (Å²) in [7, 11) is 3.59. The molecule has 7 heteroatoms. The van der Waals surface area contributed by atoms with Gasteiger partial charge in [-0.3, -0.25) is 9.48 Å². The zero-order valence-electron chi connectivity index (χ0n) is 14.5. The van der Waals surface area contributed by atoms with Gasteiger partial charge in [-0.25, -0.2) is 9.07 Å². The summed E-state index contributed by atoms with van der Waals surface area (Å²) in [6.07, 6.45) is 5.84. The van der Waals surface area contributed by atoms with E-state index in [0.717, 1.165) is 16.9 Å². The van der Waals surface area contributed by atoms with Gasteiger partial charge in [0.05, 0.1) is 29.3 Å². The Hall–Kier alpha value is -2.96. The third-order valence-electron chi connectivity index (χ3n) is 4.03. The average molecular weight is 341 g/mol. The van der Waals surface area contributed by atoms with Gasteiger partial charge in [-0.15, -0.1) is 0 Å². The Labute approximate surface area is 145 Å². The van der Waals surface area contributed by atoms with E-state index < -0.39 is 0 Å². The SMILES string of the molecule is CCc1c(C(=O)N(C)Cc2cnn(C)c2)cnn1-c1ccc(F)cc1. The number of hydrogen-bond donors (Lipinski definition) is 0.